The second-order valence-electron chi connectivity index (χ2n) is 6.55. The molecule has 0 unspecified atom stereocenters. The van der Waals surface area contributed by atoms with Crippen molar-refractivity contribution in [3.8, 4) is 11.5 Å². The molecule has 0 fully saturated rings. The number of aryl methyl sites for hydroxylation is 2. The van der Waals surface area contributed by atoms with Crippen molar-refractivity contribution in [3.05, 3.63) is 53.1 Å². The van der Waals surface area contributed by atoms with Crippen molar-refractivity contribution in [1.82, 2.24) is 4.72 Å². The number of benzene rings is 2. The summed E-state index contributed by atoms with van der Waals surface area (Å²) in [4.78, 5) is 0.257. The zero-order chi connectivity index (χ0) is 18.8. The van der Waals surface area contributed by atoms with Crippen LogP contribution in [0.2, 0.25) is 0 Å². The maximum atomic E-state index is 12.9. The molecule has 0 radical (unpaired) electrons. The third-order valence-electron chi connectivity index (χ3n) is 4.18. The summed E-state index contributed by atoms with van der Waals surface area (Å²) in [5.74, 6) is 1.40. The number of hydrogen-bond acceptors (Lipinski definition) is 4. The van der Waals surface area contributed by atoms with E-state index < -0.39 is 15.6 Å². The van der Waals surface area contributed by atoms with E-state index in [0.717, 1.165) is 16.9 Å². The van der Waals surface area contributed by atoms with E-state index in [2.05, 4.69) is 4.72 Å². The van der Waals surface area contributed by atoms with E-state index in [-0.39, 0.29) is 4.90 Å². The number of methoxy groups -OCH3 is 2. The van der Waals surface area contributed by atoms with Crippen molar-refractivity contribution >= 4 is 10.0 Å². The van der Waals surface area contributed by atoms with Gasteiger partial charge in [0.2, 0.25) is 10.0 Å². The van der Waals surface area contributed by atoms with Crippen LogP contribution in [0.25, 0.3) is 0 Å². The normalized spacial score (nSPS) is 12.1. The van der Waals surface area contributed by atoms with Gasteiger partial charge >= 0.3 is 0 Å². The summed E-state index contributed by atoms with van der Waals surface area (Å²) in [7, 11) is -0.531. The van der Waals surface area contributed by atoms with E-state index in [1.165, 1.54) is 0 Å². The molecule has 0 heterocycles. The summed E-state index contributed by atoms with van der Waals surface area (Å²) in [6.45, 7) is 7.25. The van der Waals surface area contributed by atoms with Gasteiger partial charge in [0.25, 0.3) is 0 Å². The fourth-order valence-electron chi connectivity index (χ4n) is 2.73. The predicted octanol–water partition coefficient (Wildman–Crippen LogP) is 3.53. The first-order valence-corrected chi connectivity index (χ1v) is 9.43. The molecule has 0 atom stereocenters. The van der Waals surface area contributed by atoms with Crippen LogP contribution >= 0.6 is 0 Å². The molecule has 0 spiro atoms. The fourth-order valence-corrected chi connectivity index (χ4v) is 4.44. The number of sulfonamides is 1. The summed E-state index contributed by atoms with van der Waals surface area (Å²) >= 11 is 0. The Morgan fingerprint density at radius 2 is 1.52 bits per heavy atom. The first kappa shape index (κ1) is 19.3. The maximum Gasteiger partial charge on any atom is 0.241 e. The Bertz CT molecular complexity index is 856. The van der Waals surface area contributed by atoms with E-state index in [1.54, 1.807) is 33.3 Å². The van der Waals surface area contributed by atoms with E-state index in [4.69, 9.17) is 9.47 Å². The average Bonchev–Trinajstić information content (AvgIpc) is 2.55. The molecule has 1 N–H and O–H groups in total. The largest absolute Gasteiger partial charge is 0.497 e. The van der Waals surface area contributed by atoms with E-state index >= 15 is 0 Å². The van der Waals surface area contributed by atoms with Gasteiger partial charge < -0.3 is 9.47 Å². The van der Waals surface area contributed by atoms with Crippen LogP contribution in [-0.2, 0) is 15.6 Å². The van der Waals surface area contributed by atoms with Crippen molar-refractivity contribution in [1.29, 1.82) is 0 Å². The molecule has 2 rings (SSSR count). The third-order valence-corrected chi connectivity index (χ3v) is 5.98. The molecule has 2 aromatic rings. The maximum absolute atomic E-state index is 12.9. The lowest BCUT2D eigenvalue weighted by molar-refractivity contribution is 0.410. The zero-order valence-electron chi connectivity index (χ0n) is 15.5. The molecule has 0 saturated heterocycles. The summed E-state index contributed by atoms with van der Waals surface area (Å²) < 4.78 is 39.1. The van der Waals surface area contributed by atoms with Gasteiger partial charge in [0.15, 0.2) is 0 Å². The molecule has 0 saturated carbocycles. The number of nitrogens with one attached hydrogen (secondary N) is 1. The van der Waals surface area contributed by atoms with Gasteiger partial charge in [0, 0.05) is 0 Å². The van der Waals surface area contributed by atoms with Crippen molar-refractivity contribution in [2.45, 2.75) is 38.1 Å². The molecule has 25 heavy (non-hydrogen) atoms. The lowest BCUT2D eigenvalue weighted by atomic mass is 9.96. The smallest absolute Gasteiger partial charge is 0.241 e. The average molecular weight is 363 g/mol. The molecule has 0 aliphatic rings. The SMILES string of the molecule is COc1ccc(C(C)(C)NS(=O)(=O)c2cc(C)c(OC)cc2C)cc1. The van der Waals surface area contributed by atoms with Crippen LogP contribution in [-0.4, -0.2) is 22.6 Å². The second-order valence-corrected chi connectivity index (χ2v) is 8.20. The van der Waals surface area contributed by atoms with Gasteiger partial charge in [0.05, 0.1) is 24.7 Å². The quantitative estimate of drug-likeness (QED) is 0.853. The van der Waals surface area contributed by atoms with Crippen molar-refractivity contribution in [2.24, 2.45) is 0 Å². The van der Waals surface area contributed by atoms with E-state index in [9.17, 15) is 8.42 Å². The van der Waals surface area contributed by atoms with Crippen molar-refractivity contribution in [3.63, 3.8) is 0 Å². The Hall–Kier alpha value is -2.05. The lowest BCUT2D eigenvalue weighted by Crippen LogP contribution is -2.41. The van der Waals surface area contributed by atoms with Gasteiger partial charge in [-0.05, 0) is 68.7 Å². The molecule has 0 aliphatic heterocycles. The fraction of sp³-hybridized carbons (Fsp3) is 0.368. The highest BCUT2D eigenvalue weighted by atomic mass is 32.2. The first-order valence-electron chi connectivity index (χ1n) is 7.94. The minimum absolute atomic E-state index is 0.257. The van der Waals surface area contributed by atoms with Crippen LogP contribution < -0.4 is 14.2 Å². The van der Waals surface area contributed by atoms with E-state index in [1.807, 2.05) is 45.0 Å². The van der Waals surface area contributed by atoms with Gasteiger partial charge in [-0.2, -0.15) is 0 Å². The monoisotopic (exact) mass is 363 g/mol. The van der Waals surface area contributed by atoms with Gasteiger partial charge in [-0.1, -0.05) is 12.1 Å². The summed E-state index contributed by atoms with van der Waals surface area (Å²) in [5, 5.41) is 0. The third kappa shape index (κ3) is 4.14. The van der Waals surface area contributed by atoms with Crippen LogP contribution in [0.5, 0.6) is 11.5 Å². The Kier molecular flexibility index (Phi) is 5.44. The lowest BCUT2D eigenvalue weighted by Gasteiger charge is -2.27. The summed E-state index contributed by atoms with van der Waals surface area (Å²) in [6.07, 6.45) is 0. The molecule has 136 valence electrons. The second kappa shape index (κ2) is 7.06. The highest BCUT2D eigenvalue weighted by Crippen LogP contribution is 2.29. The molecule has 0 aromatic heterocycles. The minimum Gasteiger partial charge on any atom is -0.497 e. The topological polar surface area (TPSA) is 64.6 Å². The summed E-state index contributed by atoms with van der Waals surface area (Å²) in [6, 6.07) is 10.7. The van der Waals surface area contributed by atoms with Crippen LogP contribution in [0.1, 0.15) is 30.5 Å². The predicted molar refractivity (Wildman–Crippen MR) is 98.8 cm³/mol. The standard InChI is InChI=1S/C19H25NO4S/c1-13-12-18(14(2)11-17(13)24-6)25(21,22)20-19(3,4)15-7-9-16(23-5)10-8-15/h7-12,20H,1-6H3. The van der Waals surface area contributed by atoms with Crippen LogP contribution in [0.3, 0.4) is 0 Å². The van der Waals surface area contributed by atoms with Crippen molar-refractivity contribution in [2.75, 3.05) is 14.2 Å². The minimum atomic E-state index is -3.70. The highest BCUT2D eigenvalue weighted by Gasteiger charge is 2.29. The molecular weight excluding hydrogens is 338 g/mol. The highest BCUT2D eigenvalue weighted by molar-refractivity contribution is 7.89. The molecule has 5 nitrogen and oxygen atoms in total. The van der Waals surface area contributed by atoms with Gasteiger partial charge in [0.1, 0.15) is 11.5 Å². The molecular formula is C19H25NO4S. The Morgan fingerprint density at radius 3 is 2.04 bits per heavy atom. The Balaban J connectivity index is 2.38. The number of rotatable bonds is 6. The molecule has 0 aliphatic carbocycles. The van der Waals surface area contributed by atoms with Crippen LogP contribution in [0.15, 0.2) is 41.3 Å². The molecule has 6 heteroatoms. The first-order chi connectivity index (χ1) is 11.6. The Labute approximate surface area is 150 Å². The molecule has 0 amide bonds. The van der Waals surface area contributed by atoms with Gasteiger partial charge in [-0.25, -0.2) is 13.1 Å². The Morgan fingerprint density at radius 1 is 0.920 bits per heavy atom. The number of ether oxygens (including phenoxy) is 2. The van der Waals surface area contributed by atoms with Crippen LogP contribution in [0, 0.1) is 13.8 Å². The number of hydrogen-bond donors (Lipinski definition) is 1. The molecule has 2 aromatic carbocycles. The van der Waals surface area contributed by atoms with E-state index in [0.29, 0.717) is 11.3 Å². The zero-order valence-corrected chi connectivity index (χ0v) is 16.3. The molecule has 0 bridgehead atoms. The van der Waals surface area contributed by atoms with Gasteiger partial charge in [-0.15, -0.1) is 0 Å². The van der Waals surface area contributed by atoms with Crippen LogP contribution in [0.4, 0.5) is 0 Å². The van der Waals surface area contributed by atoms with Gasteiger partial charge in [-0.3, -0.25) is 0 Å². The summed E-state index contributed by atoms with van der Waals surface area (Å²) in [5.41, 5.74) is 1.49. The van der Waals surface area contributed by atoms with Crippen molar-refractivity contribution < 1.29 is 17.9 Å².